The van der Waals surface area contributed by atoms with E-state index < -0.39 is 0 Å². The molecule has 0 heterocycles. The molecule has 104 valence electrons. The van der Waals surface area contributed by atoms with Crippen molar-refractivity contribution in [2.75, 3.05) is 12.3 Å². The number of carbonyl (C=O) groups is 1. The highest BCUT2D eigenvalue weighted by Crippen LogP contribution is 2.19. The maximum Gasteiger partial charge on any atom is 0.251 e. The first-order valence-corrected chi connectivity index (χ1v) is 6.49. The molecule has 0 saturated carbocycles. The lowest BCUT2D eigenvalue weighted by atomic mass is 10.1. The van der Waals surface area contributed by atoms with Crippen molar-refractivity contribution in [2.45, 2.75) is 13.3 Å². The first kappa shape index (κ1) is 13.9. The van der Waals surface area contributed by atoms with E-state index in [1.165, 1.54) is 0 Å². The van der Waals surface area contributed by atoms with Crippen LogP contribution in [0.5, 0.6) is 5.75 Å². The van der Waals surface area contributed by atoms with Crippen molar-refractivity contribution in [3.63, 3.8) is 0 Å². The van der Waals surface area contributed by atoms with E-state index in [2.05, 4.69) is 5.32 Å². The fraction of sp³-hybridized carbons (Fsp3) is 0.188. The standard InChI is InChI=1S/C16H18N2O2/c1-11-14(3-2-4-15(11)19)16(20)18-10-9-12-5-7-13(17)8-6-12/h2-8,19H,9-10,17H2,1H3,(H,18,20). The third kappa shape index (κ3) is 3.29. The molecule has 1 amide bonds. The first-order chi connectivity index (χ1) is 9.58. The van der Waals surface area contributed by atoms with Crippen LogP contribution in [-0.2, 0) is 6.42 Å². The molecule has 0 spiro atoms. The number of benzene rings is 2. The quantitative estimate of drug-likeness (QED) is 0.746. The lowest BCUT2D eigenvalue weighted by Crippen LogP contribution is -2.26. The number of hydrogen-bond donors (Lipinski definition) is 3. The third-order valence-corrected chi connectivity index (χ3v) is 3.23. The Morgan fingerprint density at radius 3 is 2.60 bits per heavy atom. The Morgan fingerprint density at radius 1 is 1.20 bits per heavy atom. The summed E-state index contributed by atoms with van der Waals surface area (Å²) in [6, 6.07) is 12.5. The van der Waals surface area contributed by atoms with Gasteiger partial charge in [-0.15, -0.1) is 0 Å². The van der Waals surface area contributed by atoms with E-state index in [9.17, 15) is 9.90 Å². The number of aromatic hydroxyl groups is 1. The minimum absolute atomic E-state index is 0.135. The van der Waals surface area contributed by atoms with Gasteiger partial charge in [-0.25, -0.2) is 0 Å². The van der Waals surface area contributed by atoms with Gasteiger partial charge in [0, 0.05) is 23.4 Å². The van der Waals surface area contributed by atoms with Crippen molar-refractivity contribution in [3.8, 4) is 5.75 Å². The number of carbonyl (C=O) groups excluding carboxylic acids is 1. The number of phenols is 1. The van der Waals surface area contributed by atoms with E-state index in [-0.39, 0.29) is 11.7 Å². The van der Waals surface area contributed by atoms with E-state index in [0.717, 1.165) is 17.7 Å². The predicted octanol–water partition coefficient (Wildman–Crippen LogP) is 2.26. The summed E-state index contributed by atoms with van der Waals surface area (Å²) >= 11 is 0. The minimum atomic E-state index is -0.172. The molecule has 0 aliphatic rings. The molecule has 0 aliphatic heterocycles. The molecule has 0 aromatic heterocycles. The van der Waals surface area contributed by atoms with Crippen molar-refractivity contribution >= 4 is 11.6 Å². The zero-order valence-electron chi connectivity index (χ0n) is 11.4. The maximum absolute atomic E-state index is 12.0. The molecule has 0 bridgehead atoms. The average molecular weight is 270 g/mol. The smallest absolute Gasteiger partial charge is 0.251 e. The largest absolute Gasteiger partial charge is 0.508 e. The molecule has 0 aliphatic carbocycles. The Kier molecular flexibility index (Phi) is 4.25. The highest BCUT2D eigenvalue weighted by atomic mass is 16.3. The maximum atomic E-state index is 12.0. The van der Waals surface area contributed by atoms with E-state index in [1.54, 1.807) is 25.1 Å². The van der Waals surface area contributed by atoms with Crippen LogP contribution in [0.15, 0.2) is 42.5 Å². The normalized spacial score (nSPS) is 10.2. The molecule has 4 nitrogen and oxygen atoms in total. The van der Waals surface area contributed by atoms with Crippen LogP contribution >= 0.6 is 0 Å². The summed E-state index contributed by atoms with van der Waals surface area (Å²) in [5, 5.41) is 12.4. The fourth-order valence-corrected chi connectivity index (χ4v) is 1.97. The van der Waals surface area contributed by atoms with E-state index in [4.69, 9.17) is 5.73 Å². The van der Waals surface area contributed by atoms with Gasteiger partial charge in [-0.3, -0.25) is 4.79 Å². The Morgan fingerprint density at radius 2 is 1.90 bits per heavy atom. The second kappa shape index (κ2) is 6.10. The van der Waals surface area contributed by atoms with Crippen LogP contribution in [0.1, 0.15) is 21.5 Å². The van der Waals surface area contributed by atoms with Gasteiger partial charge in [0.15, 0.2) is 0 Å². The van der Waals surface area contributed by atoms with Gasteiger partial charge >= 0.3 is 0 Å². The SMILES string of the molecule is Cc1c(O)cccc1C(=O)NCCc1ccc(N)cc1. The zero-order chi connectivity index (χ0) is 14.5. The van der Waals surface area contributed by atoms with Crippen LogP contribution in [0.3, 0.4) is 0 Å². The van der Waals surface area contributed by atoms with Crippen molar-refractivity contribution in [1.82, 2.24) is 5.32 Å². The van der Waals surface area contributed by atoms with Gasteiger partial charge in [0.2, 0.25) is 0 Å². The Bertz CT molecular complexity index is 606. The van der Waals surface area contributed by atoms with Crippen molar-refractivity contribution in [3.05, 3.63) is 59.2 Å². The Labute approximate surface area is 118 Å². The number of nitrogen functional groups attached to an aromatic ring is 1. The molecule has 2 rings (SSSR count). The Balaban J connectivity index is 1.92. The summed E-state index contributed by atoms with van der Waals surface area (Å²) in [7, 11) is 0. The molecular weight excluding hydrogens is 252 g/mol. The van der Waals surface area contributed by atoms with Crippen molar-refractivity contribution in [1.29, 1.82) is 0 Å². The fourth-order valence-electron chi connectivity index (χ4n) is 1.97. The van der Waals surface area contributed by atoms with Gasteiger partial charge in [0.25, 0.3) is 5.91 Å². The number of nitrogens with one attached hydrogen (secondary N) is 1. The highest BCUT2D eigenvalue weighted by molar-refractivity contribution is 5.96. The van der Waals surface area contributed by atoms with Gasteiger partial charge in [0.1, 0.15) is 5.75 Å². The Hall–Kier alpha value is -2.49. The predicted molar refractivity (Wildman–Crippen MR) is 79.7 cm³/mol. The topological polar surface area (TPSA) is 75.3 Å². The monoisotopic (exact) mass is 270 g/mol. The lowest BCUT2D eigenvalue weighted by Gasteiger charge is -2.09. The van der Waals surface area contributed by atoms with Crippen LogP contribution in [0.2, 0.25) is 0 Å². The molecule has 2 aromatic carbocycles. The van der Waals surface area contributed by atoms with Gasteiger partial charge in [0.05, 0.1) is 0 Å². The molecule has 0 atom stereocenters. The average Bonchev–Trinajstić information content (AvgIpc) is 2.44. The third-order valence-electron chi connectivity index (χ3n) is 3.23. The molecule has 4 N–H and O–H groups in total. The number of rotatable bonds is 4. The molecule has 0 radical (unpaired) electrons. The van der Waals surface area contributed by atoms with Crippen LogP contribution in [0.4, 0.5) is 5.69 Å². The van der Waals surface area contributed by atoms with Crippen LogP contribution in [0, 0.1) is 6.92 Å². The summed E-state index contributed by atoms with van der Waals surface area (Å²) in [6.07, 6.45) is 0.740. The summed E-state index contributed by atoms with van der Waals surface area (Å²) in [5.41, 5.74) is 8.56. The van der Waals surface area contributed by atoms with Crippen molar-refractivity contribution < 1.29 is 9.90 Å². The van der Waals surface area contributed by atoms with E-state index in [0.29, 0.717) is 17.7 Å². The summed E-state index contributed by atoms with van der Waals surface area (Å²) in [5.74, 6) is -0.0370. The lowest BCUT2D eigenvalue weighted by molar-refractivity contribution is 0.0953. The number of hydrogen-bond acceptors (Lipinski definition) is 3. The van der Waals surface area contributed by atoms with Crippen LogP contribution in [-0.4, -0.2) is 17.6 Å². The molecule has 0 saturated heterocycles. The molecular formula is C16H18N2O2. The minimum Gasteiger partial charge on any atom is -0.508 e. The second-order valence-corrected chi connectivity index (χ2v) is 4.70. The molecule has 2 aromatic rings. The zero-order valence-corrected chi connectivity index (χ0v) is 11.4. The molecule has 0 unspecified atom stereocenters. The van der Waals surface area contributed by atoms with Gasteiger partial charge in [-0.2, -0.15) is 0 Å². The number of phenolic OH excluding ortho intramolecular Hbond substituents is 1. The van der Waals surface area contributed by atoms with Crippen molar-refractivity contribution in [2.24, 2.45) is 0 Å². The van der Waals surface area contributed by atoms with Crippen LogP contribution < -0.4 is 11.1 Å². The molecule has 4 heteroatoms. The van der Waals surface area contributed by atoms with Gasteiger partial charge in [-0.1, -0.05) is 18.2 Å². The highest BCUT2D eigenvalue weighted by Gasteiger charge is 2.10. The second-order valence-electron chi connectivity index (χ2n) is 4.70. The number of amides is 1. The molecule has 20 heavy (non-hydrogen) atoms. The summed E-state index contributed by atoms with van der Waals surface area (Å²) in [4.78, 5) is 12.0. The first-order valence-electron chi connectivity index (χ1n) is 6.49. The summed E-state index contributed by atoms with van der Waals surface area (Å²) in [6.45, 7) is 2.27. The number of anilines is 1. The van der Waals surface area contributed by atoms with Gasteiger partial charge in [-0.05, 0) is 43.2 Å². The van der Waals surface area contributed by atoms with Gasteiger partial charge < -0.3 is 16.2 Å². The molecule has 0 fully saturated rings. The van der Waals surface area contributed by atoms with E-state index in [1.807, 2.05) is 24.3 Å². The summed E-state index contributed by atoms with van der Waals surface area (Å²) < 4.78 is 0. The van der Waals surface area contributed by atoms with E-state index >= 15 is 0 Å². The van der Waals surface area contributed by atoms with Crippen LogP contribution in [0.25, 0.3) is 0 Å². The number of nitrogens with two attached hydrogens (primary N) is 1.